The van der Waals surface area contributed by atoms with E-state index in [0.29, 0.717) is 22.0 Å². The van der Waals surface area contributed by atoms with Crippen molar-refractivity contribution < 1.29 is 17.9 Å². The molecule has 0 bridgehead atoms. The molecule has 2 N–H and O–H groups in total. The second-order valence-corrected chi connectivity index (χ2v) is 10.8. The number of rotatable bonds is 8. The van der Waals surface area contributed by atoms with Crippen LogP contribution in [-0.2, 0) is 21.4 Å². The number of ether oxygens (including phenoxy) is 1. The Balaban J connectivity index is 1.74. The Morgan fingerprint density at radius 2 is 1.89 bits per heavy atom. The van der Waals surface area contributed by atoms with E-state index in [9.17, 15) is 18.0 Å². The second-order valence-electron chi connectivity index (χ2n) is 8.39. The molecule has 0 aliphatic heterocycles. The van der Waals surface area contributed by atoms with Crippen LogP contribution in [0.2, 0.25) is 10.0 Å². The highest BCUT2D eigenvalue weighted by Crippen LogP contribution is 2.34. The SMILES string of the molecule is CNC(=O)C(C)Cn1cnc2ccc(-c3cnc(OC)c(NS(=O)(=O)c4cccc(Cl)c4Cl)c3)cc2c1=O. The van der Waals surface area contributed by atoms with Gasteiger partial charge in [-0.3, -0.25) is 18.9 Å². The number of halogens is 2. The van der Waals surface area contributed by atoms with E-state index in [-0.39, 0.29) is 44.5 Å². The molecule has 1 atom stereocenters. The number of aromatic nitrogens is 3. The van der Waals surface area contributed by atoms with E-state index in [2.05, 4.69) is 20.0 Å². The van der Waals surface area contributed by atoms with Crippen molar-refractivity contribution in [2.45, 2.75) is 18.4 Å². The minimum atomic E-state index is -4.15. The Morgan fingerprint density at radius 1 is 1.13 bits per heavy atom. The lowest BCUT2D eigenvalue weighted by Crippen LogP contribution is -2.32. The van der Waals surface area contributed by atoms with Crippen molar-refractivity contribution in [1.82, 2.24) is 19.9 Å². The van der Waals surface area contributed by atoms with Gasteiger partial charge in [0, 0.05) is 25.4 Å². The van der Waals surface area contributed by atoms with E-state index >= 15 is 0 Å². The number of sulfonamides is 1. The fraction of sp³-hybridized carbons (Fsp3) is 0.200. The molecule has 4 rings (SSSR count). The number of hydrogen-bond acceptors (Lipinski definition) is 7. The van der Waals surface area contributed by atoms with Gasteiger partial charge in [0.15, 0.2) is 0 Å². The average molecular weight is 576 g/mol. The molecule has 1 amide bonds. The smallest absolute Gasteiger partial charge is 0.263 e. The number of benzene rings is 2. The Hall–Kier alpha value is -3.67. The van der Waals surface area contributed by atoms with Crippen LogP contribution in [0.25, 0.3) is 22.0 Å². The van der Waals surface area contributed by atoms with Crippen LogP contribution < -0.4 is 20.3 Å². The maximum atomic E-state index is 13.2. The first-order chi connectivity index (χ1) is 18.1. The Bertz CT molecular complexity index is 1710. The van der Waals surface area contributed by atoms with Gasteiger partial charge in [0.1, 0.15) is 10.6 Å². The van der Waals surface area contributed by atoms with Crippen LogP contribution in [0, 0.1) is 5.92 Å². The van der Waals surface area contributed by atoms with E-state index < -0.39 is 15.9 Å². The van der Waals surface area contributed by atoms with Crippen LogP contribution in [0.3, 0.4) is 0 Å². The molecule has 0 aliphatic carbocycles. The number of carbonyl (C=O) groups is 1. The molecule has 0 aliphatic rings. The van der Waals surface area contributed by atoms with E-state index in [1.54, 1.807) is 25.1 Å². The zero-order chi connectivity index (χ0) is 27.6. The number of anilines is 1. The van der Waals surface area contributed by atoms with Crippen molar-refractivity contribution in [3.8, 4) is 17.0 Å². The Kier molecular flexibility index (Phi) is 7.91. The highest BCUT2D eigenvalue weighted by molar-refractivity contribution is 7.92. The maximum Gasteiger partial charge on any atom is 0.263 e. The van der Waals surface area contributed by atoms with Crippen LogP contribution in [0.4, 0.5) is 5.69 Å². The first kappa shape index (κ1) is 27.4. The molecule has 1 unspecified atom stereocenters. The molecule has 38 heavy (non-hydrogen) atoms. The molecule has 198 valence electrons. The molecule has 13 heteroatoms. The highest BCUT2D eigenvalue weighted by atomic mass is 35.5. The van der Waals surface area contributed by atoms with E-state index in [1.807, 2.05) is 0 Å². The minimum absolute atomic E-state index is 0.0310. The largest absolute Gasteiger partial charge is 0.480 e. The molecular formula is C25H23Cl2N5O5S. The lowest BCUT2D eigenvalue weighted by molar-refractivity contribution is -0.124. The fourth-order valence-electron chi connectivity index (χ4n) is 3.83. The quantitative estimate of drug-likeness (QED) is 0.325. The summed E-state index contributed by atoms with van der Waals surface area (Å²) in [5.41, 5.74) is 1.32. The number of pyridine rings is 1. The monoisotopic (exact) mass is 575 g/mol. The molecule has 0 saturated carbocycles. The van der Waals surface area contributed by atoms with Crippen LogP contribution in [0.15, 0.2) is 64.7 Å². The summed E-state index contributed by atoms with van der Waals surface area (Å²) in [6.45, 7) is 1.88. The topological polar surface area (TPSA) is 132 Å². The first-order valence-electron chi connectivity index (χ1n) is 11.3. The molecule has 2 heterocycles. The fourth-order valence-corrected chi connectivity index (χ4v) is 5.64. The Labute approximate surface area is 228 Å². The molecule has 0 radical (unpaired) electrons. The van der Waals surface area contributed by atoms with Gasteiger partial charge in [-0.05, 0) is 35.9 Å². The van der Waals surface area contributed by atoms with Gasteiger partial charge >= 0.3 is 0 Å². The summed E-state index contributed by atoms with van der Waals surface area (Å²) >= 11 is 12.1. The first-order valence-corrected chi connectivity index (χ1v) is 13.5. The van der Waals surface area contributed by atoms with E-state index in [1.165, 1.54) is 55.5 Å². The van der Waals surface area contributed by atoms with Gasteiger partial charge in [-0.1, -0.05) is 42.3 Å². The van der Waals surface area contributed by atoms with E-state index in [4.69, 9.17) is 27.9 Å². The van der Waals surface area contributed by atoms with Crippen molar-refractivity contribution in [2.75, 3.05) is 18.9 Å². The number of nitrogens with one attached hydrogen (secondary N) is 2. The van der Waals surface area contributed by atoms with Crippen molar-refractivity contribution in [3.05, 3.63) is 75.4 Å². The number of hydrogen-bond donors (Lipinski definition) is 2. The standard InChI is InChI=1S/C25H23Cl2N5O5S/c1-14(23(33)28-2)12-32-13-30-19-8-7-15(9-17(19)25(32)34)16-10-20(24(37-3)29-11-16)31-38(35,36)21-6-4-5-18(26)22(21)27/h4-11,13-14,31H,12H2,1-3H3,(H,28,33). The summed E-state index contributed by atoms with van der Waals surface area (Å²) in [7, 11) is -1.26. The van der Waals surface area contributed by atoms with E-state index in [0.717, 1.165) is 0 Å². The van der Waals surface area contributed by atoms with Gasteiger partial charge in [0.2, 0.25) is 11.8 Å². The number of fused-ring (bicyclic) bond motifs is 1. The third kappa shape index (κ3) is 5.45. The van der Waals surface area contributed by atoms with Gasteiger partial charge in [-0.2, -0.15) is 0 Å². The van der Waals surface area contributed by atoms with Crippen LogP contribution in [0.5, 0.6) is 5.88 Å². The zero-order valence-electron chi connectivity index (χ0n) is 20.5. The van der Waals surface area contributed by atoms with Crippen LogP contribution in [-0.4, -0.2) is 43.0 Å². The van der Waals surface area contributed by atoms with Crippen molar-refractivity contribution in [2.24, 2.45) is 5.92 Å². The third-order valence-electron chi connectivity index (χ3n) is 5.82. The average Bonchev–Trinajstić information content (AvgIpc) is 2.90. The highest BCUT2D eigenvalue weighted by Gasteiger charge is 2.22. The third-order valence-corrected chi connectivity index (χ3v) is 8.16. The summed E-state index contributed by atoms with van der Waals surface area (Å²) in [6, 6.07) is 10.9. The summed E-state index contributed by atoms with van der Waals surface area (Å²) in [6.07, 6.45) is 2.90. The van der Waals surface area contributed by atoms with Gasteiger partial charge in [-0.25, -0.2) is 18.4 Å². The lowest BCUT2D eigenvalue weighted by Gasteiger charge is -2.14. The molecule has 0 spiro atoms. The minimum Gasteiger partial charge on any atom is -0.480 e. The zero-order valence-corrected chi connectivity index (χ0v) is 22.9. The van der Waals surface area contributed by atoms with Gasteiger partial charge in [0.25, 0.3) is 15.6 Å². The van der Waals surface area contributed by atoms with Crippen molar-refractivity contribution >= 4 is 55.7 Å². The predicted octanol–water partition coefficient (Wildman–Crippen LogP) is 3.96. The molecule has 4 aromatic rings. The van der Waals surface area contributed by atoms with Gasteiger partial charge < -0.3 is 10.1 Å². The van der Waals surface area contributed by atoms with Crippen LogP contribution in [0.1, 0.15) is 6.92 Å². The molecule has 0 fully saturated rings. The summed E-state index contributed by atoms with van der Waals surface area (Å²) < 4.78 is 35.3. The molecular weight excluding hydrogens is 553 g/mol. The maximum absolute atomic E-state index is 13.2. The van der Waals surface area contributed by atoms with Gasteiger partial charge in [0.05, 0.1) is 40.3 Å². The molecule has 10 nitrogen and oxygen atoms in total. The number of methoxy groups -OCH3 is 1. The molecule has 2 aromatic carbocycles. The second kappa shape index (κ2) is 11.0. The van der Waals surface area contributed by atoms with Gasteiger partial charge in [-0.15, -0.1) is 0 Å². The molecule has 0 saturated heterocycles. The molecule has 2 aromatic heterocycles. The predicted molar refractivity (Wildman–Crippen MR) is 146 cm³/mol. The van der Waals surface area contributed by atoms with Crippen molar-refractivity contribution in [3.63, 3.8) is 0 Å². The summed E-state index contributed by atoms with van der Waals surface area (Å²) in [5.74, 6) is -0.595. The Morgan fingerprint density at radius 3 is 2.61 bits per heavy atom. The lowest BCUT2D eigenvalue weighted by atomic mass is 10.0. The van der Waals surface area contributed by atoms with Crippen LogP contribution >= 0.6 is 23.2 Å². The summed E-state index contributed by atoms with van der Waals surface area (Å²) in [5, 5.41) is 2.87. The summed E-state index contributed by atoms with van der Waals surface area (Å²) in [4.78, 5) is 33.4. The van der Waals surface area contributed by atoms with Crippen molar-refractivity contribution in [1.29, 1.82) is 0 Å². The number of nitrogens with zero attached hydrogens (tertiary/aromatic N) is 3. The number of amides is 1. The number of carbonyl (C=O) groups excluding carboxylic acids is 1. The normalized spacial score (nSPS) is 12.2.